The summed E-state index contributed by atoms with van der Waals surface area (Å²) in [5, 5.41) is 5.36. The topological polar surface area (TPSA) is 86.8 Å². The highest BCUT2D eigenvalue weighted by Crippen LogP contribution is 2.29. The van der Waals surface area contributed by atoms with Crippen LogP contribution in [0.2, 0.25) is 0 Å². The number of carbonyl (C=O) groups is 2. The quantitative estimate of drug-likeness (QED) is 0.585. The number of ether oxygens (including phenoxy) is 1. The summed E-state index contributed by atoms with van der Waals surface area (Å²) in [4.78, 5) is 33.7. The summed E-state index contributed by atoms with van der Waals surface area (Å²) in [5.74, 6) is -0.479. The molecule has 0 radical (unpaired) electrons. The Balaban J connectivity index is 1.21. The standard InChI is InChI=1S/C26H32F3N5O3/c1-37-24-8-7-22(15-30-24)33-11-3-6-21(10-13-33)34-12-9-20(17-34)32-23(35)16-31-25(36)18-4-2-5-19(14-18)26(27,28)29/h2,4-5,7-8,14-15,20-21H,3,6,9-13,16-17H2,1H3,(H,31,36)(H,32,35)/t20-,21?/m1/s1. The van der Waals surface area contributed by atoms with Crippen molar-refractivity contribution in [3.8, 4) is 5.88 Å². The Morgan fingerprint density at radius 2 is 1.95 bits per heavy atom. The summed E-state index contributed by atoms with van der Waals surface area (Å²) in [7, 11) is 1.60. The van der Waals surface area contributed by atoms with E-state index in [9.17, 15) is 22.8 Å². The zero-order valence-corrected chi connectivity index (χ0v) is 20.8. The molecule has 2 atom stereocenters. The molecular weight excluding hydrogens is 487 g/mol. The van der Waals surface area contributed by atoms with E-state index in [1.54, 1.807) is 7.11 Å². The van der Waals surface area contributed by atoms with Gasteiger partial charge in [-0.3, -0.25) is 14.5 Å². The second-order valence-corrected chi connectivity index (χ2v) is 9.44. The van der Waals surface area contributed by atoms with E-state index in [2.05, 4.69) is 25.4 Å². The first-order valence-corrected chi connectivity index (χ1v) is 12.5. The number of rotatable bonds is 7. The third-order valence-corrected chi connectivity index (χ3v) is 6.96. The van der Waals surface area contributed by atoms with Crippen molar-refractivity contribution in [2.45, 2.75) is 43.9 Å². The summed E-state index contributed by atoms with van der Waals surface area (Å²) in [5.41, 5.74) is 0.0423. The van der Waals surface area contributed by atoms with Gasteiger partial charge in [-0.15, -0.1) is 0 Å². The van der Waals surface area contributed by atoms with Crippen LogP contribution in [0.3, 0.4) is 0 Å². The third kappa shape index (κ3) is 7.12. The lowest BCUT2D eigenvalue weighted by Gasteiger charge is -2.27. The highest BCUT2D eigenvalue weighted by Gasteiger charge is 2.32. The van der Waals surface area contributed by atoms with Crippen molar-refractivity contribution in [1.82, 2.24) is 20.5 Å². The van der Waals surface area contributed by atoms with E-state index in [4.69, 9.17) is 4.74 Å². The van der Waals surface area contributed by atoms with E-state index in [0.717, 1.165) is 69.7 Å². The van der Waals surface area contributed by atoms with Crippen LogP contribution in [0.1, 0.15) is 41.6 Å². The lowest BCUT2D eigenvalue weighted by atomic mass is 10.1. The average molecular weight is 520 g/mol. The van der Waals surface area contributed by atoms with Crippen molar-refractivity contribution < 1.29 is 27.5 Å². The lowest BCUT2D eigenvalue weighted by molar-refractivity contribution is -0.137. The molecule has 2 fully saturated rings. The van der Waals surface area contributed by atoms with Gasteiger partial charge < -0.3 is 20.3 Å². The smallest absolute Gasteiger partial charge is 0.416 e. The number of nitrogens with one attached hydrogen (secondary N) is 2. The van der Waals surface area contributed by atoms with Gasteiger partial charge in [0, 0.05) is 49.9 Å². The maximum Gasteiger partial charge on any atom is 0.416 e. The molecule has 200 valence electrons. The van der Waals surface area contributed by atoms with E-state index in [0.29, 0.717) is 11.9 Å². The number of alkyl halides is 3. The fourth-order valence-electron chi connectivity index (χ4n) is 5.00. The van der Waals surface area contributed by atoms with Crippen LogP contribution in [0.25, 0.3) is 0 Å². The summed E-state index contributed by atoms with van der Waals surface area (Å²) >= 11 is 0. The van der Waals surface area contributed by atoms with Gasteiger partial charge in [0.25, 0.3) is 5.91 Å². The third-order valence-electron chi connectivity index (χ3n) is 6.96. The number of nitrogens with zero attached hydrogens (tertiary/aromatic N) is 3. The molecule has 37 heavy (non-hydrogen) atoms. The van der Waals surface area contributed by atoms with Gasteiger partial charge >= 0.3 is 6.18 Å². The van der Waals surface area contributed by atoms with Crippen LogP contribution >= 0.6 is 0 Å². The molecule has 0 saturated carbocycles. The minimum atomic E-state index is -4.54. The van der Waals surface area contributed by atoms with Crippen LogP contribution in [0.5, 0.6) is 5.88 Å². The van der Waals surface area contributed by atoms with Crippen molar-refractivity contribution in [1.29, 1.82) is 0 Å². The van der Waals surface area contributed by atoms with Gasteiger partial charge in [-0.1, -0.05) is 6.07 Å². The fourth-order valence-corrected chi connectivity index (χ4v) is 5.00. The highest BCUT2D eigenvalue weighted by atomic mass is 19.4. The molecule has 2 saturated heterocycles. The second kappa shape index (κ2) is 11.8. The molecule has 3 heterocycles. The number of hydrogen-bond donors (Lipinski definition) is 2. The Morgan fingerprint density at radius 3 is 2.68 bits per heavy atom. The molecule has 2 aliphatic heterocycles. The van der Waals surface area contributed by atoms with Crippen LogP contribution in [0.4, 0.5) is 18.9 Å². The van der Waals surface area contributed by atoms with Gasteiger partial charge in [0.1, 0.15) is 0 Å². The lowest BCUT2D eigenvalue weighted by Crippen LogP contribution is -2.44. The van der Waals surface area contributed by atoms with E-state index < -0.39 is 17.6 Å². The predicted molar refractivity (Wildman–Crippen MR) is 133 cm³/mol. The van der Waals surface area contributed by atoms with Crippen LogP contribution in [-0.4, -0.2) is 73.6 Å². The molecule has 2 aromatic rings. The highest BCUT2D eigenvalue weighted by molar-refractivity contribution is 5.96. The number of amides is 2. The van der Waals surface area contributed by atoms with Crippen LogP contribution in [0, 0.1) is 0 Å². The van der Waals surface area contributed by atoms with E-state index >= 15 is 0 Å². The van der Waals surface area contributed by atoms with E-state index in [1.807, 2.05) is 18.3 Å². The Labute approximate surface area is 214 Å². The van der Waals surface area contributed by atoms with Crippen LogP contribution in [0.15, 0.2) is 42.6 Å². The zero-order valence-electron chi connectivity index (χ0n) is 20.8. The molecule has 2 N–H and O–H groups in total. The molecule has 2 aliphatic rings. The Kier molecular flexibility index (Phi) is 8.52. The number of anilines is 1. The van der Waals surface area contributed by atoms with Crippen molar-refractivity contribution in [2.75, 3.05) is 44.7 Å². The largest absolute Gasteiger partial charge is 0.481 e. The zero-order chi connectivity index (χ0) is 26.4. The van der Waals surface area contributed by atoms with Crippen LogP contribution in [-0.2, 0) is 11.0 Å². The van der Waals surface area contributed by atoms with E-state index in [-0.39, 0.29) is 24.1 Å². The minimum absolute atomic E-state index is 0.0249. The molecule has 1 aromatic carbocycles. The summed E-state index contributed by atoms with van der Waals surface area (Å²) in [6.45, 7) is 3.22. The van der Waals surface area contributed by atoms with Gasteiger partial charge in [-0.2, -0.15) is 13.2 Å². The molecule has 0 aliphatic carbocycles. The molecule has 11 heteroatoms. The van der Waals surface area contributed by atoms with Gasteiger partial charge in [0.2, 0.25) is 11.8 Å². The monoisotopic (exact) mass is 519 g/mol. The van der Waals surface area contributed by atoms with Gasteiger partial charge in [0.15, 0.2) is 0 Å². The first-order valence-electron chi connectivity index (χ1n) is 12.5. The summed E-state index contributed by atoms with van der Waals surface area (Å²) in [6, 6.07) is 8.44. The number of carbonyl (C=O) groups excluding carboxylic acids is 2. The molecule has 1 unspecified atom stereocenters. The maximum absolute atomic E-state index is 12.9. The first kappa shape index (κ1) is 26.7. The second-order valence-electron chi connectivity index (χ2n) is 9.44. The number of likely N-dealkylation sites (tertiary alicyclic amines) is 1. The number of methoxy groups -OCH3 is 1. The summed E-state index contributed by atoms with van der Waals surface area (Å²) < 4.78 is 43.8. The van der Waals surface area contributed by atoms with Crippen molar-refractivity contribution in [3.63, 3.8) is 0 Å². The molecule has 0 bridgehead atoms. The van der Waals surface area contributed by atoms with Crippen molar-refractivity contribution in [2.24, 2.45) is 0 Å². The number of aromatic nitrogens is 1. The maximum atomic E-state index is 12.9. The molecule has 1 aromatic heterocycles. The summed E-state index contributed by atoms with van der Waals surface area (Å²) in [6.07, 6.45) is 1.27. The Hall–Kier alpha value is -3.34. The first-order chi connectivity index (χ1) is 17.7. The number of pyridine rings is 1. The molecular formula is C26H32F3N5O3. The molecule has 0 spiro atoms. The Bertz CT molecular complexity index is 1080. The normalized spacial score (nSPS) is 20.8. The van der Waals surface area contributed by atoms with Crippen molar-refractivity contribution >= 4 is 17.5 Å². The molecule has 8 nitrogen and oxygen atoms in total. The minimum Gasteiger partial charge on any atom is -0.481 e. The van der Waals surface area contributed by atoms with Crippen molar-refractivity contribution in [3.05, 3.63) is 53.7 Å². The average Bonchev–Trinajstić information content (AvgIpc) is 3.21. The number of halogens is 3. The number of hydrogen-bond acceptors (Lipinski definition) is 6. The SMILES string of the molecule is COc1ccc(N2CCCC(N3CC[C@@H](NC(=O)CNC(=O)c4cccc(C(F)(F)F)c4)C3)CC2)cn1. The van der Waals surface area contributed by atoms with Gasteiger partial charge in [-0.05, 0) is 49.9 Å². The molecule has 4 rings (SSSR count). The van der Waals surface area contributed by atoms with Gasteiger partial charge in [-0.25, -0.2) is 4.98 Å². The van der Waals surface area contributed by atoms with Crippen LogP contribution < -0.4 is 20.3 Å². The predicted octanol–water partition coefficient (Wildman–Crippen LogP) is 3.09. The molecule has 2 amide bonds. The van der Waals surface area contributed by atoms with E-state index in [1.165, 1.54) is 12.1 Å². The number of benzene rings is 1. The van der Waals surface area contributed by atoms with Gasteiger partial charge in [0.05, 0.1) is 31.1 Å². The Morgan fingerprint density at radius 1 is 1.11 bits per heavy atom. The fraction of sp³-hybridized carbons (Fsp3) is 0.500.